The Balaban J connectivity index is 4.30. The fraction of sp³-hybridized carbons (Fsp3) is 0.727. The van der Waals surface area contributed by atoms with Crippen LogP contribution < -0.4 is 0 Å². The minimum Gasteiger partial charge on any atom is -0.462 e. The Labute approximate surface area is 376 Å². The lowest BCUT2D eigenvalue weighted by Gasteiger charge is -2.18. The Morgan fingerprint density at radius 1 is 0.344 bits per heavy atom. The van der Waals surface area contributed by atoms with E-state index in [0.717, 1.165) is 96.3 Å². The normalized spacial score (nSPS) is 12.6. The van der Waals surface area contributed by atoms with Gasteiger partial charge in [0, 0.05) is 19.3 Å². The first-order valence-electron chi connectivity index (χ1n) is 25.4. The molecule has 0 amide bonds. The first-order chi connectivity index (χ1) is 30.0. The lowest BCUT2D eigenvalue weighted by molar-refractivity contribution is -0.167. The van der Waals surface area contributed by atoms with Crippen LogP contribution >= 0.6 is 0 Å². The lowest BCUT2D eigenvalue weighted by Crippen LogP contribution is -2.30. The van der Waals surface area contributed by atoms with Gasteiger partial charge in [-0.15, -0.1) is 0 Å². The van der Waals surface area contributed by atoms with Gasteiger partial charge in [0.25, 0.3) is 0 Å². The number of ether oxygens (including phenoxy) is 3. The van der Waals surface area contributed by atoms with E-state index in [9.17, 15) is 14.4 Å². The molecule has 0 fully saturated rings. The molecule has 0 aliphatic rings. The highest BCUT2D eigenvalue weighted by molar-refractivity contribution is 5.71. The summed E-state index contributed by atoms with van der Waals surface area (Å²) in [6.45, 7) is 6.43. The molecule has 0 rings (SSSR count). The SMILES string of the molecule is CC/C=C\C/C=C\C/C=C\C/C=C\C/C=C\C/C=C\CCCCC(=O)OCC(COC(=O)CCCCCCCC)OC(=O)CCCCCCCCCCCCCCCCCC. The Kier molecular flexibility index (Phi) is 46.9. The predicted octanol–water partition coefficient (Wildman–Crippen LogP) is 16.6. The van der Waals surface area contributed by atoms with Gasteiger partial charge in [-0.1, -0.05) is 222 Å². The number of esters is 3. The first kappa shape index (κ1) is 57.9. The van der Waals surface area contributed by atoms with E-state index in [1.54, 1.807) is 0 Å². The molecule has 0 radical (unpaired) electrons. The van der Waals surface area contributed by atoms with Gasteiger partial charge >= 0.3 is 17.9 Å². The van der Waals surface area contributed by atoms with E-state index >= 15 is 0 Å². The average Bonchev–Trinajstić information content (AvgIpc) is 3.26. The Bertz CT molecular complexity index is 1160. The minimum atomic E-state index is -0.787. The molecule has 0 aromatic heterocycles. The maximum Gasteiger partial charge on any atom is 0.306 e. The lowest BCUT2D eigenvalue weighted by atomic mass is 10.0. The summed E-state index contributed by atoms with van der Waals surface area (Å²) in [6.07, 6.45) is 62.0. The van der Waals surface area contributed by atoms with Gasteiger partial charge in [-0.3, -0.25) is 14.4 Å². The average molecular weight is 851 g/mol. The topological polar surface area (TPSA) is 78.9 Å². The van der Waals surface area contributed by atoms with Gasteiger partial charge < -0.3 is 14.2 Å². The molecule has 0 heterocycles. The number of allylic oxidation sites excluding steroid dienone is 12. The maximum absolute atomic E-state index is 12.7. The van der Waals surface area contributed by atoms with Crippen LogP contribution in [0.25, 0.3) is 0 Å². The van der Waals surface area contributed by atoms with Crippen molar-refractivity contribution in [2.45, 2.75) is 245 Å². The third-order valence-electron chi connectivity index (χ3n) is 10.7. The summed E-state index contributed by atoms with van der Waals surface area (Å²) in [6, 6.07) is 0. The molecular formula is C55H94O6. The molecule has 6 heteroatoms. The van der Waals surface area contributed by atoms with Crippen molar-refractivity contribution in [1.29, 1.82) is 0 Å². The van der Waals surface area contributed by atoms with E-state index < -0.39 is 6.10 Å². The smallest absolute Gasteiger partial charge is 0.306 e. The van der Waals surface area contributed by atoms with Crippen molar-refractivity contribution in [3.05, 3.63) is 72.9 Å². The fourth-order valence-corrected chi connectivity index (χ4v) is 6.92. The maximum atomic E-state index is 12.7. The third kappa shape index (κ3) is 47.7. The van der Waals surface area contributed by atoms with E-state index in [1.165, 1.54) is 103 Å². The van der Waals surface area contributed by atoms with Crippen LogP contribution in [0.3, 0.4) is 0 Å². The van der Waals surface area contributed by atoms with Crippen molar-refractivity contribution < 1.29 is 28.6 Å². The highest BCUT2D eigenvalue weighted by atomic mass is 16.6. The zero-order valence-corrected chi connectivity index (χ0v) is 39.9. The van der Waals surface area contributed by atoms with E-state index in [-0.39, 0.29) is 31.1 Å². The van der Waals surface area contributed by atoms with E-state index in [2.05, 4.69) is 93.7 Å². The van der Waals surface area contributed by atoms with Gasteiger partial charge in [0.1, 0.15) is 13.2 Å². The van der Waals surface area contributed by atoms with Crippen molar-refractivity contribution in [3.8, 4) is 0 Å². The van der Waals surface area contributed by atoms with E-state index in [4.69, 9.17) is 14.2 Å². The molecule has 0 aliphatic carbocycles. The van der Waals surface area contributed by atoms with Crippen LogP contribution in [-0.4, -0.2) is 37.2 Å². The van der Waals surface area contributed by atoms with Crippen LogP contribution in [0.5, 0.6) is 0 Å². The van der Waals surface area contributed by atoms with Crippen LogP contribution in [0.2, 0.25) is 0 Å². The van der Waals surface area contributed by atoms with Gasteiger partial charge in [0.2, 0.25) is 0 Å². The summed E-state index contributed by atoms with van der Waals surface area (Å²) in [4.78, 5) is 37.7. The molecule has 350 valence electrons. The largest absolute Gasteiger partial charge is 0.462 e. The zero-order chi connectivity index (χ0) is 44.4. The standard InChI is InChI=1S/C55H94O6/c1-4-7-10-13-16-18-20-22-24-26-27-28-29-30-32-33-35-37-39-42-45-48-54(57)60-51-52(50-59-53(56)47-44-41-15-12-9-6-3)61-55(58)49-46-43-40-38-36-34-31-25-23-21-19-17-14-11-8-5-2/h7,10,16,18,22,24,27-28,30,32,35,37,52H,4-6,8-9,11-15,17,19-21,23,25-26,29,31,33-34,36,38-51H2,1-3H3/b10-7-,18-16-,24-22-,28-27-,32-30-,37-35-. The highest BCUT2D eigenvalue weighted by Gasteiger charge is 2.19. The summed E-state index contributed by atoms with van der Waals surface area (Å²) in [5, 5.41) is 0. The number of hydrogen-bond acceptors (Lipinski definition) is 6. The second kappa shape index (κ2) is 49.5. The van der Waals surface area contributed by atoms with Gasteiger partial charge in [-0.05, 0) is 70.6 Å². The second-order valence-electron chi connectivity index (χ2n) is 16.7. The molecule has 0 aromatic carbocycles. The molecular weight excluding hydrogens is 757 g/mol. The van der Waals surface area contributed by atoms with Gasteiger partial charge in [-0.2, -0.15) is 0 Å². The number of carbonyl (C=O) groups is 3. The van der Waals surface area contributed by atoms with Crippen LogP contribution in [0, 0.1) is 0 Å². The van der Waals surface area contributed by atoms with Crippen molar-refractivity contribution in [1.82, 2.24) is 0 Å². The van der Waals surface area contributed by atoms with Gasteiger partial charge in [-0.25, -0.2) is 0 Å². The molecule has 1 atom stereocenters. The molecule has 0 saturated heterocycles. The summed E-state index contributed by atoms with van der Waals surface area (Å²) < 4.78 is 16.7. The Morgan fingerprint density at radius 3 is 1.00 bits per heavy atom. The van der Waals surface area contributed by atoms with E-state index in [0.29, 0.717) is 19.3 Å². The Hall–Kier alpha value is -3.15. The molecule has 1 unspecified atom stereocenters. The monoisotopic (exact) mass is 851 g/mol. The number of unbranched alkanes of at least 4 members (excludes halogenated alkanes) is 22. The number of carbonyl (C=O) groups excluding carboxylic acids is 3. The van der Waals surface area contributed by atoms with Crippen LogP contribution in [0.1, 0.15) is 239 Å². The summed E-state index contributed by atoms with van der Waals surface area (Å²) in [7, 11) is 0. The molecule has 61 heavy (non-hydrogen) atoms. The fourth-order valence-electron chi connectivity index (χ4n) is 6.92. The summed E-state index contributed by atoms with van der Waals surface area (Å²) in [5.74, 6) is -0.940. The molecule has 6 nitrogen and oxygen atoms in total. The Morgan fingerprint density at radius 2 is 0.639 bits per heavy atom. The summed E-state index contributed by atoms with van der Waals surface area (Å²) in [5.41, 5.74) is 0. The third-order valence-corrected chi connectivity index (χ3v) is 10.7. The quantitative estimate of drug-likeness (QED) is 0.0263. The van der Waals surface area contributed by atoms with Gasteiger partial charge in [0.05, 0.1) is 0 Å². The van der Waals surface area contributed by atoms with Crippen molar-refractivity contribution in [2.75, 3.05) is 13.2 Å². The zero-order valence-electron chi connectivity index (χ0n) is 39.9. The molecule has 0 N–H and O–H groups in total. The highest BCUT2D eigenvalue weighted by Crippen LogP contribution is 2.15. The van der Waals surface area contributed by atoms with Gasteiger partial charge in [0.15, 0.2) is 6.10 Å². The predicted molar refractivity (Wildman–Crippen MR) is 261 cm³/mol. The van der Waals surface area contributed by atoms with Crippen LogP contribution in [0.4, 0.5) is 0 Å². The van der Waals surface area contributed by atoms with Crippen molar-refractivity contribution in [2.24, 2.45) is 0 Å². The van der Waals surface area contributed by atoms with Crippen molar-refractivity contribution >= 4 is 17.9 Å². The van der Waals surface area contributed by atoms with Crippen molar-refractivity contribution in [3.63, 3.8) is 0 Å². The number of rotatable bonds is 45. The van der Waals surface area contributed by atoms with E-state index in [1.807, 2.05) is 0 Å². The molecule has 0 bridgehead atoms. The molecule has 0 saturated carbocycles. The molecule has 0 aliphatic heterocycles. The van der Waals surface area contributed by atoms with Crippen LogP contribution in [0.15, 0.2) is 72.9 Å². The first-order valence-corrected chi connectivity index (χ1v) is 25.4. The minimum absolute atomic E-state index is 0.0880. The van der Waals surface area contributed by atoms with Crippen LogP contribution in [-0.2, 0) is 28.6 Å². The second-order valence-corrected chi connectivity index (χ2v) is 16.7. The molecule has 0 spiro atoms. The summed E-state index contributed by atoms with van der Waals surface area (Å²) >= 11 is 0. The molecule has 0 aromatic rings. The number of hydrogen-bond donors (Lipinski definition) is 0.